The Hall–Kier alpha value is -0.763. The monoisotopic (exact) mass is 320 g/mol. The Kier molecular flexibility index (Phi) is 7.18. The molecule has 1 nitrogen and oxygen atoms in total. The van der Waals surface area contributed by atoms with Crippen LogP contribution in [0.15, 0.2) is 18.2 Å². The fourth-order valence-corrected chi connectivity index (χ4v) is 9.68. The highest BCUT2D eigenvalue weighted by Gasteiger charge is 2.39. The summed E-state index contributed by atoms with van der Waals surface area (Å²) in [5, 5.41) is 0. The van der Waals surface area contributed by atoms with Crippen LogP contribution in [-0.4, -0.2) is 8.32 Å². The van der Waals surface area contributed by atoms with E-state index in [2.05, 4.69) is 73.6 Å². The first kappa shape index (κ1) is 19.3. The molecule has 0 aliphatic rings. The average molecular weight is 321 g/mol. The van der Waals surface area contributed by atoms with Crippen molar-refractivity contribution in [2.24, 2.45) is 17.8 Å². The summed E-state index contributed by atoms with van der Waals surface area (Å²) >= 11 is 0. The third-order valence-electron chi connectivity index (χ3n) is 3.87. The minimum Gasteiger partial charge on any atom is -0.543 e. The van der Waals surface area contributed by atoms with Gasteiger partial charge in [0.15, 0.2) is 0 Å². The Bertz CT molecular complexity index is 416. The van der Waals surface area contributed by atoms with Gasteiger partial charge >= 0.3 is 0 Å². The lowest BCUT2D eigenvalue weighted by Crippen LogP contribution is -2.45. The molecule has 0 N–H and O–H groups in total. The SMILES string of the molecule is Cc1cc(C)cc(O[Si](CC(C)C)(CC(C)C)CC(C)C)c1. The van der Waals surface area contributed by atoms with Gasteiger partial charge in [0.05, 0.1) is 0 Å². The summed E-state index contributed by atoms with van der Waals surface area (Å²) in [7, 11) is -1.77. The molecule has 0 unspecified atom stereocenters. The second-order valence-corrected chi connectivity index (χ2v) is 12.2. The van der Waals surface area contributed by atoms with Crippen LogP contribution in [0.3, 0.4) is 0 Å². The summed E-state index contributed by atoms with van der Waals surface area (Å²) < 4.78 is 6.84. The average Bonchev–Trinajstić information content (AvgIpc) is 2.22. The normalized spacial score (nSPS) is 12.5. The summed E-state index contributed by atoms with van der Waals surface area (Å²) in [6.07, 6.45) is 0. The van der Waals surface area contributed by atoms with Crippen LogP contribution in [0.25, 0.3) is 0 Å². The third kappa shape index (κ3) is 6.56. The van der Waals surface area contributed by atoms with Crippen LogP contribution in [0.2, 0.25) is 18.1 Å². The lowest BCUT2D eigenvalue weighted by atomic mass is 10.1. The van der Waals surface area contributed by atoms with Crippen molar-refractivity contribution in [3.05, 3.63) is 29.3 Å². The van der Waals surface area contributed by atoms with E-state index < -0.39 is 8.32 Å². The Balaban J connectivity index is 3.14. The topological polar surface area (TPSA) is 9.23 Å². The van der Waals surface area contributed by atoms with Gasteiger partial charge in [-0.1, -0.05) is 47.6 Å². The second-order valence-electron chi connectivity index (χ2n) is 8.40. The quantitative estimate of drug-likeness (QED) is 0.490. The van der Waals surface area contributed by atoms with Crippen molar-refractivity contribution in [3.8, 4) is 5.75 Å². The van der Waals surface area contributed by atoms with E-state index in [1.165, 1.54) is 29.3 Å². The van der Waals surface area contributed by atoms with Crippen LogP contribution >= 0.6 is 0 Å². The van der Waals surface area contributed by atoms with E-state index in [1.807, 2.05) is 0 Å². The molecule has 0 fully saturated rings. The summed E-state index contributed by atoms with van der Waals surface area (Å²) in [6, 6.07) is 10.4. The molecule has 0 bridgehead atoms. The van der Waals surface area contributed by atoms with Gasteiger partial charge in [-0.2, -0.15) is 0 Å². The minimum absolute atomic E-state index is 0.704. The van der Waals surface area contributed by atoms with Crippen LogP contribution in [0.4, 0.5) is 0 Å². The minimum atomic E-state index is -1.77. The number of benzene rings is 1. The highest BCUT2D eigenvalue weighted by molar-refractivity contribution is 6.74. The van der Waals surface area contributed by atoms with Crippen molar-refractivity contribution < 1.29 is 4.43 Å². The molecule has 0 saturated carbocycles. The molecule has 126 valence electrons. The highest BCUT2D eigenvalue weighted by Crippen LogP contribution is 2.35. The zero-order valence-electron chi connectivity index (χ0n) is 16.0. The summed E-state index contributed by atoms with van der Waals surface area (Å²) in [5.41, 5.74) is 2.60. The number of rotatable bonds is 8. The molecule has 0 radical (unpaired) electrons. The molecule has 0 aliphatic heterocycles. The van der Waals surface area contributed by atoms with Crippen molar-refractivity contribution in [2.75, 3.05) is 0 Å². The van der Waals surface area contributed by atoms with Gasteiger partial charge in [-0.3, -0.25) is 0 Å². The van der Waals surface area contributed by atoms with E-state index >= 15 is 0 Å². The Morgan fingerprint density at radius 3 is 1.41 bits per heavy atom. The molecule has 0 saturated heterocycles. The van der Waals surface area contributed by atoms with E-state index in [-0.39, 0.29) is 0 Å². The van der Waals surface area contributed by atoms with Crippen molar-refractivity contribution in [2.45, 2.75) is 73.5 Å². The van der Waals surface area contributed by atoms with Gasteiger partial charge in [-0.25, -0.2) is 0 Å². The molecule has 2 heteroatoms. The highest BCUT2D eigenvalue weighted by atomic mass is 28.4. The van der Waals surface area contributed by atoms with Gasteiger partial charge in [0, 0.05) is 0 Å². The van der Waals surface area contributed by atoms with E-state index in [4.69, 9.17) is 4.43 Å². The van der Waals surface area contributed by atoms with Crippen LogP contribution in [0, 0.1) is 31.6 Å². The van der Waals surface area contributed by atoms with Crippen molar-refractivity contribution in [1.82, 2.24) is 0 Å². The van der Waals surface area contributed by atoms with Gasteiger partial charge in [-0.05, 0) is 73.0 Å². The van der Waals surface area contributed by atoms with Crippen LogP contribution in [0.1, 0.15) is 52.7 Å². The summed E-state index contributed by atoms with van der Waals surface area (Å²) in [4.78, 5) is 0. The van der Waals surface area contributed by atoms with Crippen LogP contribution < -0.4 is 4.43 Å². The maximum atomic E-state index is 6.84. The fourth-order valence-electron chi connectivity index (χ4n) is 3.85. The Labute approximate surface area is 139 Å². The van der Waals surface area contributed by atoms with E-state index in [9.17, 15) is 0 Å². The molecule has 0 amide bonds. The molecule has 1 rings (SSSR count). The van der Waals surface area contributed by atoms with Crippen molar-refractivity contribution >= 4 is 8.32 Å². The third-order valence-corrected chi connectivity index (χ3v) is 9.22. The Morgan fingerprint density at radius 2 is 1.09 bits per heavy atom. The first-order valence-corrected chi connectivity index (χ1v) is 11.4. The molecule has 1 aromatic carbocycles. The fraction of sp³-hybridized carbons (Fsp3) is 0.700. The molecule has 22 heavy (non-hydrogen) atoms. The Morgan fingerprint density at radius 1 is 0.727 bits per heavy atom. The standard InChI is InChI=1S/C20H36OSi/c1-15(2)12-22(13-16(3)4,14-17(5)6)21-20-10-18(7)9-19(8)11-20/h9-11,15-17H,12-14H2,1-8H3. The van der Waals surface area contributed by atoms with E-state index in [0.29, 0.717) is 17.8 Å². The van der Waals surface area contributed by atoms with Gasteiger partial charge in [-0.15, -0.1) is 0 Å². The smallest absolute Gasteiger partial charge is 0.252 e. The largest absolute Gasteiger partial charge is 0.543 e. The maximum Gasteiger partial charge on any atom is 0.252 e. The van der Waals surface area contributed by atoms with Gasteiger partial charge < -0.3 is 4.43 Å². The van der Waals surface area contributed by atoms with E-state index in [0.717, 1.165) is 5.75 Å². The molecule has 0 heterocycles. The lowest BCUT2D eigenvalue weighted by molar-refractivity contribution is 0.474. The van der Waals surface area contributed by atoms with Crippen molar-refractivity contribution in [1.29, 1.82) is 0 Å². The molecule has 0 aromatic heterocycles. The molecule has 1 aromatic rings. The van der Waals surface area contributed by atoms with Crippen molar-refractivity contribution in [3.63, 3.8) is 0 Å². The molecule has 0 spiro atoms. The molecular weight excluding hydrogens is 284 g/mol. The lowest BCUT2D eigenvalue weighted by Gasteiger charge is -2.36. The first-order valence-electron chi connectivity index (χ1n) is 8.89. The first-order chi connectivity index (χ1) is 10.1. The van der Waals surface area contributed by atoms with E-state index in [1.54, 1.807) is 0 Å². The number of hydrogen-bond acceptors (Lipinski definition) is 1. The molecule has 0 atom stereocenters. The second kappa shape index (κ2) is 8.19. The predicted molar refractivity (Wildman–Crippen MR) is 101 cm³/mol. The molecular formula is C20H36OSi. The maximum absolute atomic E-state index is 6.84. The van der Waals surface area contributed by atoms with Crippen LogP contribution in [-0.2, 0) is 0 Å². The van der Waals surface area contributed by atoms with Gasteiger partial charge in [0.2, 0.25) is 0 Å². The van der Waals surface area contributed by atoms with Gasteiger partial charge in [0.1, 0.15) is 5.75 Å². The zero-order chi connectivity index (χ0) is 16.9. The summed E-state index contributed by atoms with van der Waals surface area (Å²) in [6.45, 7) is 18.4. The predicted octanol–water partition coefficient (Wildman–Crippen LogP) is 6.60. The number of aryl methyl sites for hydroxylation is 2. The van der Waals surface area contributed by atoms with Crippen LogP contribution in [0.5, 0.6) is 5.75 Å². The molecule has 0 aliphatic carbocycles. The van der Waals surface area contributed by atoms with Gasteiger partial charge in [0.25, 0.3) is 8.32 Å². The zero-order valence-corrected chi connectivity index (χ0v) is 17.0. The summed E-state index contributed by atoms with van der Waals surface area (Å²) in [5.74, 6) is 3.21. The number of hydrogen-bond donors (Lipinski definition) is 0.